The quantitative estimate of drug-likeness (QED) is 0.868. The standard InChI is InChI=1S/C15H27N3O2/c1-15(2,3)16-10-12-11-20-14(17-12)19-9-7-13-6-5-8-18(13)4/h11,13,16H,5-10H2,1-4H3. The average molecular weight is 281 g/mol. The summed E-state index contributed by atoms with van der Waals surface area (Å²) in [4.78, 5) is 6.73. The first-order valence-electron chi connectivity index (χ1n) is 7.46. The fourth-order valence-corrected chi connectivity index (χ4v) is 2.42. The molecule has 114 valence electrons. The van der Waals surface area contributed by atoms with Crippen LogP contribution in [0.4, 0.5) is 0 Å². The summed E-state index contributed by atoms with van der Waals surface area (Å²) in [5.74, 6) is 0. The zero-order valence-electron chi connectivity index (χ0n) is 13.1. The van der Waals surface area contributed by atoms with Crippen LogP contribution in [0.1, 0.15) is 45.7 Å². The Kier molecular flexibility index (Phi) is 5.05. The minimum atomic E-state index is 0.0764. The van der Waals surface area contributed by atoms with E-state index in [4.69, 9.17) is 9.15 Å². The summed E-state index contributed by atoms with van der Waals surface area (Å²) < 4.78 is 10.9. The van der Waals surface area contributed by atoms with E-state index in [1.165, 1.54) is 19.4 Å². The van der Waals surface area contributed by atoms with E-state index < -0.39 is 0 Å². The van der Waals surface area contributed by atoms with Gasteiger partial charge in [-0.3, -0.25) is 0 Å². The van der Waals surface area contributed by atoms with Crippen molar-refractivity contribution in [2.45, 2.75) is 58.2 Å². The third kappa shape index (κ3) is 4.80. The van der Waals surface area contributed by atoms with E-state index >= 15 is 0 Å². The summed E-state index contributed by atoms with van der Waals surface area (Å²) in [5, 5.41) is 3.37. The van der Waals surface area contributed by atoms with Gasteiger partial charge in [0.15, 0.2) is 0 Å². The van der Waals surface area contributed by atoms with Crippen molar-refractivity contribution >= 4 is 0 Å². The molecular weight excluding hydrogens is 254 g/mol. The number of oxazole rings is 1. The van der Waals surface area contributed by atoms with Crippen molar-refractivity contribution < 1.29 is 9.15 Å². The predicted octanol–water partition coefficient (Wildman–Crippen LogP) is 2.43. The molecule has 1 atom stereocenters. The number of rotatable bonds is 6. The maximum atomic E-state index is 5.60. The van der Waals surface area contributed by atoms with Gasteiger partial charge in [-0.1, -0.05) is 0 Å². The van der Waals surface area contributed by atoms with Crippen molar-refractivity contribution in [1.82, 2.24) is 15.2 Å². The highest BCUT2D eigenvalue weighted by Crippen LogP contribution is 2.18. The molecule has 0 spiro atoms. The molecule has 0 amide bonds. The lowest BCUT2D eigenvalue weighted by Crippen LogP contribution is -2.35. The summed E-state index contributed by atoms with van der Waals surface area (Å²) in [5.41, 5.74) is 0.959. The highest BCUT2D eigenvalue weighted by molar-refractivity contribution is 5.00. The zero-order chi connectivity index (χ0) is 14.6. The number of ether oxygens (including phenoxy) is 1. The average Bonchev–Trinajstić information content (AvgIpc) is 2.96. The second kappa shape index (κ2) is 6.59. The second-order valence-corrected chi connectivity index (χ2v) is 6.62. The Morgan fingerprint density at radius 1 is 1.50 bits per heavy atom. The third-order valence-electron chi connectivity index (χ3n) is 3.68. The van der Waals surface area contributed by atoms with E-state index in [0.29, 0.717) is 25.3 Å². The van der Waals surface area contributed by atoms with E-state index in [0.717, 1.165) is 12.1 Å². The molecule has 0 bridgehead atoms. The Bertz CT molecular complexity index is 411. The van der Waals surface area contributed by atoms with E-state index in [1.807, 2.05) is 0 Å². The molecule has 20 heavy (non-hydrogen) atoms. The van der Waals surface area contributed by atoms with Crippen molar-refractivity contribution in [3.05, 3.63) is 12.0 Å². The first kappa shape index (κ1) is 15.3. The maximum absolute atomic E-state index is 5.60. The van der Waals surface area contributed by atoms with Crippen LogP contribution in [0, 0.1) is 0 Å². The number of likely N-dealkylation sites (tertiary alicyclic amines) is 1. The molecule has 1 unspecified atom stereocenters. The van der Waals surface area contributed by atoms with Gasteiger partial charge in [0.25, 0.3) is 0 Å². The van der Waals surface area contributed by atoms with Gasteiger partial charge < -0.3 is 19.4 Å². The van der Waals surface area contributed by atoms with Gasteiger partial charge in [-0.15, -0.1) is 0 Å². The van der Waals surface area contributed by atoms with Crippen LogP contribution < -0.4 is 10.1 Å². The molecule has 0 aliphatic carbocycles. The molecule has 1 saturated heterocycles. The fraction of sp³-hybridized carbons (Fsp3) is 0.800. The molecule has 0 aromatic carbocycles. The minimum Gasteiger partial charge on any atom is -0.450 e. The minimum absolute atomic E-state index is 0.0764. The molecule has 1 aromatic rings. The number of hydrogen-bond acceptors (Lipinski definition) is 5. The molecule has 2 heterocycles. The second-order valence-electron chi connectivity index (χ2n) is 6.62. The van der Waals surface area contributed by atoms with E-state index in [1.54, 1.807) is 6.26 Å². The molecule has 0 saturated carbocycles. The summed E-state index contributed by atoms with van der Waals surface area (Å²) >= 11 is 0. The summed E-state index contributed by atoms with van der Waals surface area (Å²) in [6, 6.07) is 0.645. The first-order valence-corrected chi connectivity index (χ1v) is 7.46. The Balaban J connectivity index is 1.70. The van der Waals surface area contributed by atoms with Crippen molar-refractivity contribution in [1.29, 1.82) is 0 Å². The summed E-state index contributed by atoms with van der Waals surface area (Å²) in [6.07, 6.45) is 5.65. The molecular formula is C15H27N3O2. The van der Waals surface area contributed by atoms with Gasteiger partial charge in [-0.2, -0.15) is 4.98 Å². The van der Waals surface area contributed by atoms with Crippen LogP contribution in [0.3, 0.4) is 0 Å². The molecule has 5 heteroatoms. The van der Waals surface area contributed by atoms with Crippen molar-refractivity contribution in [3.63, 3.8) is 0 Å². The van der Waals surface area contributed by atoms with Gasteiger partial charge in [0.2, 0.25) is 0 Å². The van der Waals surface area contributed by atoms with Gasteiger partial charge in [-0.25, -0.2) is 0 Å². The van der Waals surface area contributed by atoms with E-state index in [2.05, 4.69) is 43.0 Å². The topological polar surface area (TPSA) is 50.5 Å². The van der Waals surface area contributed by atoms with E-state index in [-0.39, 0.29) is 5.54 Å². The molecule has 1 fully saturated rings. The molecule has 1 aliphatic heterocycles. The van der Waals surface area contributed by atoms with Gasteiger partial charge in [0.1, 0.15) is 6.26 Å². The lowest BCUT2D eigenvalue weighted by molar-refractivity contribution is 0.192. The molecule has 1 aromatic heterocycles. The Morgan fingerprint density at radius 2 is 2.30 bits per heavy atom. The summed E-state index contributed by atoms with van der Waals surface area (Å²) in [7, 11) is 2.18. The van der Waals surface area contributed by atoms with Crippen LogP contribution in [-0.4, -0.2) is 41.7 Å². The van der Waals surface area contributed by atoms with Gasteiger partial charge in [-0.05, 0) is 53.6 Å². The molecule has 1 aliphatic rings. The first-order chi connectivity index (χ1) is 9.44. The normalized spacial score (nSPS) is 20.5. The number of aromatic nitrogens is 1. The number of nitrogens with one attached hydrogen (secondary N) is 1. The monoisotopic (exact) mass is 281 g/mol. The Hall–Kier alpha value is -1.07. The molecule has 2 rings (SSSR count). The summed E-state index contributed by atoms with van der Waals surface area (Å²) in [6.45, 7) is 8.95. The highest BCUT2D eigenvalue weighted by atomic mass is 16.6. The molecule has 0 radical (unpaired) electrons. The smallest absolute Gasteiger partial charge is 0.393 e. The van der Waals surface area contributed by atoms with Crippen LogP contribution in [0.5, 0.6) is 6.08 Å². The fourth-order valence-electron chi connectivity index (χ4n) is 2.42. The Morgan fingerprint density at radius 3 is 2.95 bits per heavy atom. The highest BCUT2D eigenvalue weighted by Gasteiger charge is 2.20. The van der Waals surface area contributed by atoms with Crippen LogP contribution in [0.15, 0.2) is 10.7 Å². The van der Waals surface area contributed by atoms with E-state index in [9.17, 15) is 0 Å². The lowest BCUT2D eigenvalue weighted by Gasteiger charge is -2.19. The SMILES string of the molecule is CN1CCCC1CCOc1nc(CNC(C)(C)C)co1. The lowest BCUT2D eigenvalue weighted by atomic mass is 10.1. The predicted molar refractivity (Wildman–Crippen MR) is 78.9 cm³/mol. The largest absolute Gasteiger partial charge is 0.450 e. The van der Waals surface area contributed by atoms with Gasteiger partial charge >= 0.3 is 6.08 Å². The van der Waals surface area contributed by atoms with Crippen molar-refractivity contribution in [3.8, 4) is 6.08 Å². The van der Waals surface area contributed by atoms with Gasteiger partial charge in [0, 0.05) is 18.1 Å². The van der Waals surface area contributed by atoms with Crippen LogP contribution in [0.2, 0.25) is 0 Å². The van der Waals surface area contributed by atoms with Crippen LogP contribution in [0.25, 0.3) is 0 Å². The number of hydrogen-bond donors (Lipinski definition) is 1. The third-order valence-corrected chi connectivity index (χ3v) is 3.68. The number of nitrogens with zero attached hydrogens (tertiary/aromatic N) is 2. The zero-order valence-corrected chi connectivity index (χ0v) is 13.1. The Labute approximate surface area is 121 Å². The van der Waals surface area contributed by atoms with Crippen molar-refractivity contribution in [2.75, 3.05) is 20.2 Å². The molecule has 1 N–H and O–H groups in total. The van der Waals surface area contributed by atoms with Crippen molar-refractivity contribution in [2.24, 2.45) is 0 Å². The van der Waals surface area contributed by atoms with Crippen LogP contribution in [-0.2, 0) is 6.54 Å². The molecule has 5 nitrogen and oxygen atoms in total. The van der Waals surface area contributed by atoms with Gasteiger partial charge in [0.05, 0.1) is 12.3 Å². The van der Waals surface area contributed by atoms with Crippen LogP contribution >= 0.6 is 0 Å². The maximum Gasteiger partial charge on any atom is 0.393 e.